The number of nitrogens with zero attached hydrogens (tertiary/aromatic N) is 5. The van der Waals surface area contributed by atoms with Crippen LogP contribution in [0, 0.1) is 0 Å². The average Bonchev–Trinajstić information content (AvgIpc) is 3.37. The normalized spacial score (nSPS) is 14.1. The van der Waals surface area contributed by atoms with E-state index in [4.69, 9.17) is 0 Å². The predicted molar refractivity (Wildman–Crippen MR) is 136 cm³/mol. The molecule has 1 aromatic heterocycles. The zero-order chi connectivity index (χ0) is 23.9. The first-order chi connectivity index (χ1) is 16.6. The largest absolute Gasteiger partial charge is 0.342 e. The molecule has 3 aromatic rings. The van der Waals surface area contributed by atoms with E-state index in [1.807, 2.05) is 60.7 Å². The maximum atomic E-state index is 13.1. The number of amides is 2. The van der Waals surface area contributed by atoms with Gasteiger partial charge in [0.2, 0.25) is 11.1 Å². The third-order valence-corrected chi connectivity index (χ3v) is 7.65. The van der Waals surface area contributed by atoms with Gasteiger partial charge in [-0.2, -0.15) is 4.68 Å². The molecule has 1 N–H and O–H groups in total. The first-order valence-corrected chi connectivity index (χ1v) is 13.5. The number of rotatable bonds is 8. The fraction of sp³-hybridized carbons (Fsp3) is 0.375. The highest BCUT2D eigenvalue weighted by Crippen LogP contribution is 2.27. The number of carbonyl (C=O) groups is 2. The second-order valence-electron chi connectivity index (χ2n) is 8.16. The lowest BCUT2D eigenvalue weighted by atomic mass is 9.94. The number of nitrogens with one attached hydrogen (secondary N) is 1. The van der Waals surface area contributed by atoms with Gasteiger partial charge >= 0.3 is 0 Å². The quantitative estimate of drug-likeness (QED) is 0.458. The van der Waals surface area contributed by atoms with Crippen LogP contribution in [0.15, 0.2) is 58.6 Å². The molecule has 1 fully saturated rings. The topological polar surface area (TPSA) is 93.0 Å². The molecule has 0 radical (unpaired) electrons. The maximum Gasteiger partial charge on any atom is 0.256 e. The minimum Gasteiger partial charge on any atom is -0.342 e. The highest BCUT2D eigenvalue weighted by atomic mass is 32.2. The minimum atomic E-state index is -0.227. The van der Waals surface area contributed by atoms with Gasteiger partial charge in [0.05, 0.1) is 17.0 Å². The molecule has 10 heteroatoms. The zero-order valence-electron chi connectivity index (χ0n) is 19.3. The van der Waals surface area contributed by atoms with Gasteiger partial charge in [0.25, 0.3) is 5.91 Å². The van der Waals surface area contributed by atoms with Crippen LogP contribution in [0.5, 0.6) is 0 Å². The lowest BCUT2D eigenvalue weighted by molar-refractivity contribution is -0.129. The van der Waals surface area contributed by atoms with Crippen LogP contribution >= 0.6 is 23.5 Å². The summed E-state index contributed by atoms with van der Waals surface area (Å²) in [5.74, 6) is 0.185. The van der Waals surface area contributed by atoms with Crippen LogP contribution in [0.4, 0.5) is 5.69 Å². The zero-order valence-corrected chi connectivity index (χ0v) is 20.9. The highest BCUT2D eigenvalue weighted by Gasteiger charge is 2.22. The first-order valence-electron chi connectivity index (χ1n) is 11.3. The van der Waals surface area contributed by atoms with Gasteiger partial charge in [-0.1, -0.05) is 49.2 Å². The summed E-state index contributed by atoms with van der Waals surface area (Å²) in [5, 5.41) is 15.3. The maximum absolute atomic E-state index is 13.1. The Kier molecular flexibility index (Phi) is 8.23. The molecule has 2 aromatic carbocycles. The number of hydrogen-bond donors (Lipinski definition) is 1. The van der Waals surface area contributed by atoms with Crippen LogP contribution in [0.3, 0.4) is 0 Å². The monoisotopic (exact) mass is 496 g/mol. The van der Waals surface area contributed by atoms with Crippen LogP contribution in [-0.4, -0.2) is 62.0 Å². The molecule has 34 heavy (non-hydrogen) atoms. The summed E-state index contributed by atoms with van der Waals surface area (Å²) in [7, 11) is 1.90. The third-order valence-electron chi connectivity index (χ3n) is 5.97. The molecule has 8 nitrogen and oxygen atoms in total. The lowest BCUT2D eigenvalue weighted by Gasteiger charge is -2.31. The van der Waals surface area contributed by atoms with E-state index in [0.717, 1.165) is 23.4 Å². The number of aromatic nitrogens is 4. The van der Waals surface area contributed by atoms with Crippen LogP contribution in [0.25, 0.3) is 5.69 Å². The Hall–Kier alpha value is -2.85. The number of benzene rings is 2. The molecular formula is C24H28N6O2S2. The Morgan fingerprint density at radius 1 is 1.12 bits per heavy atom. The van der Waals surface area contributed by atoms with Crippen molar-refractivity contribution >= 4 is 41.0 Å². The van der Waals surface area contributed by atoms with Crippen LogP contribution in [0.1, 0.15) is 42.5 Å². The van der Waals surface area contributed by atoms with Gasteiger partial charge in [0.1, 0.15) is 0 Å². The van der Waals surface area contributed by atoms with Crippen molar-refractivity contribution in [3.8, 4) is 5.69 Å². The van der Waals surface area contributed by atoms with E-state index < -0.39 is 0 Å². The molecule has 1 heterocycles. The molecule has 1 aliphatic carbocycles. The van der Waals surface area contributed by atoms with Crippen molar-refractivity contribution in [3.63, 3.8) is 0 Å². The first kappa shape index (κ1) is 24.3. The molecule has 0 bridgehead atoms. The van der Waals surface area contributed by atoms with Gasteiger partial charge in [-0.25, -0.2) is 0 Å². The molecule has 1 aliphatic rings. The summed E-state index contributed by atoms with van der Waals surface area (Å²) in [6.45, 7) is 0. The SMILES string of the molecule is CSc1nnnn1-c1cccc(NC(=O)c2ccccc2SCC(=O)N(C)C2CCCCC2)c1. The van der Waals surface area contributed by atoms with Crippen molar-refractivity contribution in [1.82, 2.24) is 25.1 Å². The number of carbonyl (C=O) groups excluding carboxylic acids is 2. The fourth-order valence-corrected chi connectivity index (χ4v) is 5.48. The van der Waals surface area contributed by atoms with E-state index in [0.29, 0.717) is 28.2 Å². The summed E-state index contributed by atoms with van der Waals surface area (Å²) in [6, 6.07) is 15.1. The van der Waals surface area contributed by atoms with Crippen molar-refractivity contribution in [1.29, 1.82) is 0 Å². The molecular weight excluding hydrogens is 468 g/mol. The predicted octanol–water partition coefficient (Wildman–Crippen LogP) is 4.52. The minimum absolute atomic E-state index is 0.103. The number of thioether (sulfide) groups is 2. The molecule has 2 amide bonds. The van der Waals surface area contributed by atoms with E-state index in [1.54, 1.807) is 10.7 Å². The van der Waals surface area contributed by atoms with Crippen molar-refractivity contribution in [2.75, 3.05) is 24.4 Å². The van der Waals surface area contributed by atoms with Crippen LogP contribution in [-0.2, 0) is 4.79 Å². The van der Waals surface area contributed by atoms with Gasteiger partial charge < -0.3 is 10.2 Å². The van der Waals surface area contributed by atoms with Crippen molar-refractivity contribution in [2.24, 2.45) is 0 Å². The van der Waals surface area contributed by atoms with E-state index in [9.17, 15) is 9.59 Å². The summed E-state index contributed by atoms with van der Waals surface area (Å²) in [5.41, 5.74) is 1.93. The highest BCUT2D eigenvalue weighted by molar-refractivity contribution is 8.00. The fourth-order valence-electron chi connectivity index (χ4n) is 4.08. The Balaban J connectivity index is 1.43. The number of tetrazole rings is 1. The van der Waals surface area contributed by atoms with Crippen LogP contribution < -0.4 is 5.32 Å². The number of anilines is 1. The van der Waals surface area contributed by atoms with Gasteiger partial charge in [-0.15, -0.1) is 16.9 Å². The molecule has 0 aliphatic heterocycles. The van der Waals surface area contributed by atoms with Gasteiger partial charge in [-0.05, 0) is 59.9 Å². The van der Waals surface area contributed by atoms with Crippen LogP contribution in [0.2, 0.25) is 0 Å². The third kappa shape index (κ3) is 5.79. The second kappa shape index (κ2) is 11.5. The summed E-state index contributed by atoms with van der Waals surface area (Å²) in [4.78, 5) is 28.6. The number of hydrogen-bond acceptors (Lipinski definition) is 7. The van der Waals surface area contributed by atoms with E-state index >= 15 is 0 Å². The molecule has 0 unspecified atom stereocenters. The van der Waals surface area contributed by atoms with Gasteiger partial charge in [0.15, 0.2) is 0 Å². The summed E-state index contributed by atoms with van der Waals surface area (Å²) < 4.78 is 1.62. The summed E-state index contributed by atoms with van der Waals surface area (Å²) in [6.07, 6.45) is 7.69. The van der Waals surface area contributed by atoms with Crippen molar-refractivity contribution < 1.29 is 9.59 Å². The smallest absolute Gasteiger partial charge is 0.256 e. The van der Waals surface area contributed by atoms with Crippen molar-refractivity contribution in [3.05, 3.63) is 54.1 Å². The average molecular weight is 497 g/mol. The molecule has 178 valence electrons. The molecule has 0 atom stereocenters. The summed E-state index contributed by atoms with van der Waals surface area (Å²) >= 11 is 2.85. The molecule has 4 rings (SSSR count). The van der Waals surface area contributed by atoms with Gasteiger partial charge in [0, 0.05) is 23.7 Å². The second-order valence-corrected chi connectivity index (χ2v) is 9.95. The Morgan fingerprint density at radius 3 is 2.71 bits per heavy atom. The molecule has 0 spiro atoms. The Labute approximate surface area is 207 Å². The Bertz CT molecular complexity index is 1150. The van der Waals surface area contributed by atoms with Crippen molar-refractivity contribution in [2.45, 2.75) is 48.2 Å². The van der Waals surface area contributed by atoms with E-state index in [2.05, 4.69) is 20.8 Å². The molecule has 0 saturated heterocycles. The standard InChI is InChI=1S/C24H28N6O2S2/c1-29(18-10-4-3-5-11-18)22(31)16-34-21-14-7-6-13-20(21)23(32)25-17-9-8-12-19(15-17)30-24(33-2)26-27-28-30/h6-9,12-15,18H,3-5,10-11,16H2,1-2H3,(H,25,32). The van der Waals surface area contributed by atoms with E-state index in [1.165, 1.54) is 42.8 Å². The lowest BCUT2D eigenvalue weighted by Crippen LogP contribution is -2.39. The molecule has 1 saturated carbocycles. The van der Waals surface area contributed by atoms with E-state index in [-0.39, 0.29) is 11.8 Å². The Morgan fingerprint density at radius 2 is 1.91 bits per heavy atom. The van der Waals surface area contributed by atoms with Gasteiger partial charge in [-0.3, -0.25) is 9.59 Å².